The molecule has 15 heavy (non-hydrogen) atoms. The molecule has 0 saturated heterocycles. The third kappa shape index (κ3) is 8.86. The highest BCUT2D eigenvalue weighted by Crippen LogP contribution is 2.25. The first-order valence-corrected chi connectivity index (χ1v) is 4.92. The van der Waals surface area contributed by atoms with Gasteiger partial charge in [0.05, 0.1) is 6.04 Å². The Morgan fingerprint density at radius 2 is 1.60 bits per heavy atom. The maximum atomic E-state index is 8.56. The zero-order valence-corrected chi connectivity index (χ0v) is 8.89. The first-order valence-electron chi connectivity index (χ1n) is 4.92. The quantitative estimate of drug-likeness (QED) is 0.386. The summed E-state index contributed by atoms with van der Waals surface area (Å²) in [6.45, 7) is 2.28. The zero-order valence-electron chi connectivity index (χ0n) is 8.89. The van der Waals surface area contributed by atoms with Gasteiger partial charge in [-0.05, 0) is 31.6 Å². The van der Waals surface area contributed by atoms with Gasteiger partial charge in [-0.3, -0.25) is 4.99 Å². The Balaban J connectivity index is 0.000000423. The number of carbonyl (C=O) groups is 1. The smallest absolute Gasteiger partial charge is 0.450 e. The van der Waals surface area contributed by atoms with Crippen LogP contribution < -0.4 is 11.5 Å². The van der Waals surface area contributed by atoms with Crippen LogP contribution in [0.25, 0.3) is 0 Å². The lowest BCUT2D eigenvalue weighted by Gasteiger charge is -2.22. The van der Waals surface area contributed by atoms with Crippen molar-refractivity contribution in [1.29, 1.82) is 0 Å². The molecule has 6 heteroatoms. The Hall–Kier alpha value is -1.46. The highest BCUT2D eigenvalue weighted by atomic mass is 16.6. The molecule has 0 atom stereocenters. The van der Waals surface area contributed by atoms with E-state index in [4.69, 9.17) is 26.5 Å². The fraction of sp³-hybridized carbons (Fsp3) is 0.778. The zero-order chi connectivity index (χ0) is 11.8. The summed E-state index contributed by atoms with van der Waals surface area (Å²) >= 11 is 0. The summed E-state index contributed by atoms with van der Waals surface area (Å²) in [7, 11) is 0. The number of nitrogens with two attached hydrogens (primary N) is 2. The molecule has 88 valence electrons. The second-order valence-corrected chi connectivity index (χ2v) is 3.75. The highest BCUT2D eigenvalue weighted by Gasteiger charge is 2.16. The molecule has 6 nitrogen and oxygen atoms in total. The lowest BCUT2D eigenvalue weighted by atomic mass is 9.88. The number of rotatable bonds is 1. The second kappa shape index (κ2) is 6.92. The lowest BCUT2D eigenvalue weighted by Crippen LogP contribution is -2.27. The summed E-state index contributed by atoms with van der Waals surface area (Å²) in [5.74, 6) is 1.10. The van der Waals surface area contributed by atoms with Crippen LogP contribution in [0.1, 0.15) is 32.6 Å². The summed E-state index contributed by atoms with van der Waals surface area (Å²) in [5, 5.41) is 13.9. The van der Waals surface area contributed by atoms with E-state index >= 15 is 0 Å². The summed E-state index contributed by atoms with van der Waals surface area (Å²) < 4.78 is 0. The van der Waals surface area contributed by atoms with E-state index in [-0.39, 0.29) is 5.96 Å². The molecule has 0 aromatic rings. The molecule has 1 rings (SSSR count). The average Bonchev–Trinajstić information content (AvgIpc) is 2.07. The van der Waals surface area contributed by atoms with Crippen molar-refractivity contribution in [3.05, 3.63) is 0 Å². The van der Waals surface area contributed by atoms with Crippen molar-refractivity contribution in [3.63, 3.8) is 0 Å². The molecule has 6 N–H and O–H groups in total. The van der Waals surface area contributed by atoms with Crippen LogP contribution >= 0.6 is 0 Å². The van der Waals surface area contributed by atoms with Gasteiger partial charge in [-0.15, -0.1) is 0 Å². The molecule has 0 bridgehead atoms. The third-order valence-electron chi connectivity index (χ3n) is 2.32. The van der Waals surface area contributed by atoms with Crippen molar-refractivity contribution >= 4 is 12.1 Å². The minimum Gasteiger partial charge on any atom is -0.450 e. The molecule has 0 spiro atoms. The monoisotopic (exact) mass is 217 g/mol. The second-order valence-electron chi connectivity index (χ2n) is 3.75. The fourth-order valence-corrected chi connectivity index (χ4v) is 1.58. The van der Waals surface area contributed by atoms with Crippen LogP contribution in [-0.4, -0.2) is 28.4 Å². The largest absolute Gasteiger partial charge is 0.503 e. The van der Waals surface area contributed by atoms with Gasteiger partial charge in [-0.2, -0.15) is 0 Å². The van der Waals surface area contributed by atoms with Crippen molar-refractivity contribution in [2.45, 2.75) is 38.6 Å². The van der Waals surface area contributed by atoms with Gasteiger partial charge >= 0.3 is 6.16 Å². The van der Waals surface area contributed by atoms with E-state index in [0.29, 0.717) is 6.04 Å². The topological polar surface area (TPSA) is 122 Å². The van der Waals surface area contributed by atoms with Gasteiger partial charge < -0.3 is 21.7 Å². The number of hydrogen-bond donors (Lipinski definition) is 4. The maximum Gasteiger partial charge on any atom is 0.503 e. The Bertz CT molecular complexity index is 215. The Morgan fingerprint density at radius 1 is 1.20 bits per heavy atom. The van der Waals surface area contributed by atoms with Crippen molar-refractivity contribution in [2.75, 3.05) is 0 Å². The minimum absolute atomic E-state index is 0.240. The van der Waals surface area contributed by atoms with E-state index in [9.17, 15) is 0 Å². The maximum absolute atomic E-state index is 8.56. The van der Waals surface area contributed by atoms with E-state index in [1.807, 2.05) is 0 Å². The van der Waals surface area contributed by atoms with Crippen molar-refractivity contribution in [2.24, 2.45) is 22.4 Å². The molecule has 0 unspecified atom stereocenters. The summed E-state index contributed by atoms with van der Waals surface area (Å²) in [4.78, 5) is 12.7. The van der Waals surface area contributed by atoms with E-state index in [1.165, 1.54) is 12.8 Å². The number of aliphatic imine (C=N–C) groups is 1. The van der Waals surface area contributed by atoms with E-state index in [0.717, 1.165) is 18.8 Å². The summed E-state index contributed by atoms with van der Waals surface area (Å²) in [6, 6.07) is 0.399. The number of hydrogen-bond acceptors (Lipinski definition) is 2. The third-order valence-corrected chi connectivity index (χ3v) is 2.32. The van der Waals surface area contributed by atoms with Gasteiger partial charge in [0.2, 0.25) is 0 Å². The van der Waals surface area contributed by atoms with Gasteiger partial charge in [-0.1, -0.05) is 6.92 Å². The first-order chi connectivity index (χ1) is 6.91. The molecule has 0 aromatic carbocycles. The number of carboxylic acid groups (broad SMARTS) is 2. The molecular weight excluding hydrogens is 198 g/mol. The molecule has 0 amide bonds. The Morgan fingerprint density at radius 3 is 1.93 bits per heavy atom. The summed E-state index contributed by atoms with van der Waals surface area (Å²) in [6.07, 6.45) is 3.00. The molecule has 1 aliphatic rings. The van der Waals surface area contributed by atoms with Gasteiger partial charge in [0.25, 0.3) is 0 Å². The van der Waals surface area contributed by atoms with Crippen LogP contribution in [0.3, 0.4) is 0 Å². The van der Waals surface area contributed by atoms with Crippen LogP contribution in [0.4, 0.5) is 4.79 Å². The minimum atomic E-state index is -1.83. The lowest BCUT2D eigenvalue weighted by molar-refractivity contribution is 0.137. The standard InChI is InChI=1S/C8H17N3.CH2O3/c1-6-2-4-7(5-3-6)11-8(9)10;2-1(3)4/h6-7H,2-5H2,1H3,(H4,9,10,11);(H2,2,3,4). The SMILES string of the molecule is CC1CCC(N=C(N)N)CC1.O=C(O)O. The van der Waals surface area contributed by atoms with E-state index in [2.05, 4.69) is 11.9 Å². The van der Waals surface area contributed by atoms with E-state index < -0.39 is 6.16 Å². The molecule has 0 heterocycles. The highest BCUT2D eigenvalue weighted by molar-refractivity contribution is 5.75. The predicted octanol–water partition coefficient (Wildman–Crippen LogP) is 1.06. The van der Waals surface area contributed by atoms with Crippen molar-refractivity contribution in [3.8, 4) is 0 Å². The van der Waals surface area contributed by atoms with Crippen LogP contribution in [0.5, 0.6) is 0 Å². The molecule has 1 aliphatic carbocycles. The molecule has 1 saturated carbocycles. The normalized spacial score (nSPS) is 24.6. The molecular formula is C9H19N3O3. The van der Waals surface area contributed by atoms with Gasteiger partial charge in [0.1, 0.15) is 0 Å². The van der Waals surface area contributed by atoms with E-state index in [1.54, 1.807) is 0 Å². The fourth-order valence-electron chi connectivity index (χ4n) is 1.58. The van der Waals surface area contributed by atoms with Crippen LogP contribution in [0.2, 0.25) is 0 Å². The van der Waals surface area contributed by atoms with Crippen LogP contribution in [-0.2, 0) is 0 Å². The van der Waals surface area contributed by atoms with Gasteiger partial charge in [-0.25, -0.2) is 4.79 Å². The average molecular weight is 217 g/mol. The van der Waals surface area contributed by atoms with Gasteiger partial charge in [0, 0.05) is 0 Å². The number of nitrogens with zero attached hydrogens (tertiary/aromatic N) is 1. The molecule has 0 aliphatic heterocycles. The van der Waals surface area contributed by atoms with Crippen LogP contribution in [0, 0.1) is 5.92 Å². The first kappa shape index (κ1) is 13.5. The van der Waals surface area contributed by atoms with Gasteiger partial charge in [0.15, 0.2) is 5.96 Å². The van der Waals surface area contributed by atoms with Crippen molar-refractivity contribution in [1.82, 2.24) is 0 Å². The molecule has 0 aromatic heterocycles. The Kier molecular flexibility index (Phi) is 6.24. The molecule has 1 fully saturated rings. The van der Waals surface area contributed by atoms with Crippen LogP contribution in [0.15, 0.2) is 4.99 Å². The summed E-state index contributed by atoms with van der Waals surface area (Å²) in [5.41, 5.74) is 10.6. The number of guanidine groups is 1. The van der Waals surface area contributed by atoms with Crippen molar-refractivity contribution < 1.29 is 15.0 Å². The molecule has 0 radical (unpaired) electrons. The predicted molar refractivity (Wildman–Crippen MR) is 57.9 cm³/mol. The Labute approximate surface area is 89.0 Å².